The maximum Gasteiger partial charge on any atom is 0.257 e. The van der Waals surface area contributed by atoms with E-state index in [0.717, 1.165) is 19.4 Å². The van der Waals surface area contributed by atoms with Gasteiger partial charge in [0.1, 0.15) is 6.54 Å². The summed E-state index contributed by atoms with van der Waals surface area (Å²) in [5.74, 6) is 1.55. The van der Waals surface area contributed by atoms with Gasteiger partial charge >= 0.3 is 0 Å². The van der Waals surface area contributed by atoms with Gasteiger partial charge in [0.25, 0.3) is 5.91 Å². The molecule has 1 aromatic carbocycles. The third-order valence-electron chi connectivity index (χ3n) is 6.84. The number of nitrogens with zero attached hydrogens (tertiary/aromatic N) is 1. The molecule has 1 amide bonds. The van der Waals surface area contributed by atoms with Crippen LogP contribution in [-0.2, 0) is 17.8 Å². The fourth-order valence-corrected chi connectivity index (χ4v) is 4.62. The number of nitrogens with one attached hydrogen (secondary N) is 1. The SMILES string of the molecule is CCCCCCCCCCCCCCOc1cccc(OCC(=O)NCCc2cccc[n+]2CC)c1OC. The number of carbonyl (C=O) groups is 1. The second kappa shape index (κ2) is 20.2. The molecule has 0 radical (unpaired) electrons. The molecule has 0 fully saturated rings. The van der Waals surface area contributed by atoms with Gasteiger partial charge in [-0.25, -0.2) is 4.57 Å². The van der Waals surface area contributed by atoms with Gasteiger partial charge in [0.2, 0.25) is 5.75 Å². The van der Waals surface area contributed by atoms with Crippen molar-refractivity contribution in [1.82, 2.24) is 5.32 Å². The predicted molar refractivity (Wildman–Crippen MR) is 154 cm³/mol. The summed E-state index contributed by atoms with van der Waals surface area (Å²) in [5, 5.41) is 2.94. The minimum absolute atomic E-state index is 0.0683. The summed E-state index contributed by atoms with van der Waals surface area (Å²) >= 11 is 0. The molecule has 0 aliphatic heterocycles. The molecule has 2 rings (SSSR count). The van der Waals surface area contributed by atoms with Crippen LogP contribution in [0.5, 0.6) is 17.2 Å². The molecule has 0 aliphatic carbocycles. The summed E-state index contributed by atoms with van der Waals surface area (Å²) in [4.78, 5) is 12.3. The lowest BCUT2D eigenvalue weighted by Gasteiger charge is -2.15. The fourth-order valence-electron chi connectivity index (χ4n) is 4.62. The highest BCUT2D eigenvalue weighted by molar-refractivity contribution is 5.77. The van der Waals surface area contributed by atoms with E-state index in [1.165, 1.54) is 76.3 Å². The number of pyridine rings is 1. The molecule has 0 aliphatic rings. The van der Waals surface area contributed by atoms with Gasteiger partial charge in [-0.15, -0.1) is 0 Å². The lowest BCUT2D eigenvalue weighted by Crippen LogP contribution is -2.39. The van der Waals surface area contributed by atoms with E-state index in [0.29, 0.717) is 30.4 Å². The van der Waals surface area contributed by atoms with Gasteiger partial charge < -0.3 is 19.5 Å². The number of carbonyl (C=O) groups excluding carboxylic acids is 1. The molecular formula is C32H51N2O4+. The predicted octanol–water partition coefficient (Wildman–Crippen LogP) is 6.82. The van der Waals surface area contributed by atoms with Crippen LogP contribution in [-0.4, -0.2) is 32.8 Å². The summed E-state index contributed by atoms with van der Waals surface area (Å²) in [5.41, 5.74) is 1.19. The first-order chi connectivity index (χ1) is 18.7. The second-order valence-corrected chi connectivity index (χ2v) is 9.89. The first kappa shape index (κ1) is 31.5. The average molecular weight is 528 g/mol. The Kier molecular flexibility index (Phi) is 16.8. The molecule has 1 N–H and O–H groups in total. The van der Waals surface area contributed by atoms with Crippen molar-refractivity contribution >= 4 is 5.91 Å². The number of unbranched alkanes of at least 4 members (excludes halogenated alkanes) is 11. The third kappa shape index (κ3) is 12.7. The van der Waals surface area contributed by atoms with Crippen LogP contribution in [0.3, 0.4) is 0 Å². The van der Waals surface area contributed by atoms with Crippen molar-refractivity contribution < 1.29 is 23.6 Å². The van der Waals surface area contributed by atoms with E-state index in [1.807, 2.05) is 24.3 Å². The van der Waals surface area contributed by atoms with Crippen molar-refractivity contribution in [3.63, 3.8) is 0 Å². The zero-order valence-corrected chi connectivity index (χ0v) is 24.1. The monoisotopic (exact) mass is 527 g/mol. The van der Waals surface area contributed by atoms with Crippen LogP contribution in [0.25, 0.3) is 0 Å². The highest BCUT2D eigenvalue weighted by Gasteiger charge is 2.14. The standard InChI is InChI=1S/C32H50N2O4/c1-4-6-7-8-9-10-11-12-13-14-15-18-26-37-29-21-19-22-30(32(29)36-3)38-27-31(35)33-24-23-28-20-16-17-25-34(28)5-2/h16-17,19-22,25H,4-15,18,23-24,26-27H2,1-3H3/p+1. The summed E-state index contributed by atoms with van der Waals surface area (Å²) in [6, 6.07) is 11.7. The molecule has 0 saturated heterocycles. The van der Waals surface area contributed by atoms with Gasteiger partial charge in [-0.2, -0.15) is 0 Å². The summed E-state index contributed by atoms with van der Waals surface area (Å²) in [7, 11) is 1.60. The molecule has 38 heavy (non-hydrogen) atoms. The number of methoxy groups -OCH3 is 1. The Balaban J connectivity index is 1.61. The van der Waals surface area contributed by atoms with E-state index in [2.05, 4.69) is 36.0 Å². The number of amides is 1. The first-order valence-corrected chi connectivity index (χ1v) is 14.9. The molecule has 1 aromatic heterocycles. The quantitative estimate of drug-likeness (QED) is 0.135. The Hall–Kier alpha value is -2.76. The lowest BCUT2D eigenvalue weighted by molar-refractivity contribution is -0.700. The van der Waals surface area contributed by atoms with E-state index < -0.39 is 0 Å². The van der Waals surface area contributed by atoms with Crippen molar-refractivity contribution in [3.05, 3.63) is 48.3 Å². The minimum Gasteiger partial charge on any atom is -0.490 e. The van der Waals surface area contributed by atoms with E-state index in [-0.39, 0.29) is 12.5 Å². The van der Waals surface area contributed by atoms with Gasteiger partial charge in [0.05, 0.1) is 13.7 Å². The van der Waals surface area contributed by atoms with Crippen molar-refractivity contribution in [2.45, 2.75) is 104 Å². The number of benzene rings is 1. The molecule has 6 heteroatoms. The topological polar surface area (TPSA) is 60.7 Å². The van der Waals surface area contributed by atoms with Crippen molar-refractivity contribution in [1.29, 1.82) is 0 Å². The van der Waals surface area contributed by atoms with E-state index >= 15 is 0 Å². The molecular weight excluding hydrogens is 476 g/mol. The lowest BCUT2D eigenvalue weighted by atomic mass is 10.1. The Labute approximate surface area is 231 Å². The number of rotatable bonds is 22. The first-order valence-electron chi connectivity index (χ1n) is 14.9. The van der Waals surface area contributed by atoms with Crippen LogP contribution in [0, 0.1) is 0 Å². The van der Waals surface area contributed by atoms with Crippen LogP contribution >= 0.6 is 0 Å². The van der Waals surface area contributed by atoms with Gasteiger partial charge in [-0.3, -0.25) is 4.79 Å². The van der Waals surface area contributed by atoms with E-state index in [4.69, 9.17) is 14.2 Å². The molecule has 0 atom stereocenters. The van der Waals surface area contributed by atoms with Gasteiger partial charge in [-0.05, 0) is 25.5 Å². The Bertz CT molecular complexity index is 903. The molecule has 212 valence electrons. The van der Waals surface area contributed by atoms with Crippen LogP contribution in [0.1, 0.15) is 96.6 Å². The number of aromatic nitrogens is 1. The van der Waals surface area contributed by atoms with E-state index in [9.17, 15) is 4.79 Å². The minimum atomic E-state index is -0.158. The highest BCUT2D eigenvalue weighted by atomic mass is 16.5. The maximum absolute atomic E-state index is 12.3. The highest BCUT2D eigenvalue weighted by Crippen LogP contribution is 2.37. The number of hydrogen-bond donors (Lipinski definition) is 1. The van der Waals surface area contributed by atoms with Gasteiger partial charge in [0, 0.05) is 25.1 Å². The van der Waals surface area contributed by atoms with Gasteiger partial charge in [0.15, 0.2) is 30.0 Å². The summed E-state index contributed by atoms with van der Waals surface area (Å²) in [6.45, 7) is 6.43. The van der Waals surface area contributed by atoms with Crippen molar-refractivity contribution in [2.24, 2.45) is 0 Å². The molecule has 6 nitrogen and oxygen atoms in total. The molecule has 0 saturated carbocycles. The Morgan fingerprint density at radius 1 is 0.789 bits per heavy atom. The normalized spacial score (nSPS) is 10.8. The second-order valence-electron chi connectivity index (χ2n) is 9.89. The maximum atomic E-state index is 12.3. The van der Waals surface area contributed by atoms with Crippen LogP contribution < -0.4 is 24.1 Å². The summed E-state index contributed by atoms with van der Waals surface area (Å²) < 4.78 is 19.5. The van der Waals surface area contributed by atoms with Crippen LogP contribution in [0.2, 0.25) is 0 Å². The third-order valence-corrected chi connectivity index (χ3v) is 6.84. The molecule has 0 spiro atoms. The zero-order valence-electron chi connectivity index (χ0n) is 24.1. The van der Waals surface area contributed by atoms with Crippen molar-refractivity contribution in [3.8, 4) is 17.2 Å². The fraction of sp³-hybridized carbons (Fsp3) is 0.625. The molecule has 1 heterocycles. The zero-order chi connectivity index (χ0) is 27.3. The average Bonchev–Trinajstić information content (AvgIpc) is 2.94. The Morgan fingerprint density at radius 3 is 2.05 bits per heavy atom. The number of aryl methyl sites for hydroxylation is 1. The van der Waals surface area contributed by atoms with Gasteiger partial charge in [-0.1, -0.05) is 89.7 Å². The molecule has 2 aromatic rings. The van der Waals surface area contributed by atoms with Crippen molar-refractivity contribution in [2.75, 3.05) is 26.9 Å². The van der Waals surface area contributed by atoms with Crippen LogP contribution in [0.15, 0.2) is 42.6 Å². The molecule has 0 unspecified atom stereocenters. The summed E-state index contributed by atoms with van der Waals surface area (Å²) in [6.07, 6.45) is 18.6. The van der Waals surface area contributed by atoms with Crippen LogP contribution in [0.4, 0.5) is 0 Å². The smallest absolute Gasteiger partial charge is 0.257 e. The molecule has 0 bridgehead atoms. The number of hydrogen-bond acceptors (Lipinski definition) is 4. The van der Waals surface area contributed by atoms with E-state index in [1.54, 1.807) is 13.2 Å². The Morgan fingerprint density at radius 2 is 1.42 bits per heavy atom. The number of ether oxygens (including phenoxy) is 3. The number of para-hydroxylation sites is 1. The largest absolute Gasteiger partial charge is 0.490 e.